The van der Waals surface area contributed by atoms with Gasteiger partial charge < -0.3 is 14.3 Å². The summed E-state index contributed by atoms with van der Waals surface area (Å²) in [6.07, 6.45) is 4.66. The standard InChI is InChI=1S/C12H13BN2O2/c1-11-7-12(11,2)17-13(16-11)9-4-6-15-10-8(9)3-5-14-10/h3-6H,7H2,1-2H3,(H,14,15). The Kier molecular flexibility index (Phi) is 1.56. The number of nitrogens with zero attached hydrogens (tertiary/aromatic N) is 1. The van der Waals surface area contributed by atoms with Gasteiger partial charge in [0.2, 0.25) is 0 Å². The fraction of sp³-hybridized carbons (Fsp3) is 0.417. The lowest BCUT2D eigenvalue weighted by Gasteiger charge is -2.11. The fourth-order valence-electron chi connectivity index (χ4n) is 2.74. The minimum Gasteiger partial charge on any atom is -0.399 e. The lowest BCUT2D eigenvalue weighted by Crippen LogP contribution is -2.36. The number of fused-ring (bicyclic) bond motifs is 2. The van der Waals surface area contributed by atoms with Crippen LogP contribution in [0.4, 0.5) is 0 Å². The van der Waals surface area contributed by atoms with Crippen LogP contribution in [-0.4, -0.2) is 28.3 Å². The van der Waals surface area contributed by atoms with E-state index in [1.54, 1.807) is 6.20 Å². The molecule has 1 aliphatic heterocycles. The van der Waals surface area contributed by atoms with E-state index in [1.807, 2.05) is 18.3 Å². The zero-order valence-corrected chi connectivity index (χ0v) is 9.86. The summed E-state index contributed by atoms with van der Waals surface area (Å²) in [4.78, 5) is 7.37. The van der Waals surface area contributed by atoms with E-state index < -0.39 is 0 Å². The van der Waals surface area contributed by atoms with E-state index in [9.17, 15) is 0 Å². The van der Waals surface area contributed by atoms with Gasteiger partial charge in [-0.3, -0.25) is 0 Å². The minimum absolute atomic E-state index is 0.108. The van der Waals surface area contributed by atoms with E-state index >= 15 is 0 Å². The molecule has 4 nitrogen and oxygen atoms in total. The molecule has 0 bridgehead atoms. The maximum absolute atomic E-state index is 6.03. The van der Waals surface area contributed by atoms with Crippen LogP contribution >= 0.6 is 0 Å². The van der Waals surface area contributed by atoms with Gasteiger partial charge in [-0.2, -0.15) is 0 Å². The smallest absolute Gasteiger partial charge is 0.399 e. The fourth-order valence-corrected chi connectivity index (χ4v) is 2.74. The Balaban J connectivity index is 1.79. The van der Waals surface area contributed by atoms with Crippen LogP contribution in [0.2, 0.25) is 0 Å². The molecule has 1 aliphatic carbocycles. The number of aromatic nitrogens is 2. The maximum Gasteiger partial charge on any atom is 0.495 e. The molecule has 2 fully saturated rings. The number of H-pyrrole nitrogens is 1. The first-order valence-corrected chi connectivity index (χ1v) is 5.89. The average molecular weight is 228 g/mol. The molecule has 4 rings (SSSR count). The van der Waals surface area contributed by atoms with Crippen molar-refractivity contribution in [2.24, 2.45) is 0 Å². The molecule has 17 heavy (non-hydrogen) atoms. The lowest BCUT2D eigenvalue weighted by molar-refractivity contribution is 0.187. The van der Waals surface area contributed by atoms with Crippen molar-refractivity contribution < 1.29 is 9.31 Å². The molecule has 1 N–H and O–H groups in total. The van der Waals surface area contributed by atoms with Crippen LogP contribution in [0, 0.1) is 0 Å². The van der Waals surface area contributed by atoms with Gasteiger partial charge in [-0.25, -0.2) is 4.98 Å². The van der Waals surface area contributed by atoms with Crippen molar-refractivity contribution in [1.82, 2.24) is 9.97 Å². The van der Waals surface area contributed by atoms with Crippen molar-refractivity contribution >= 4 is 23.6 Å². The first-order valence-electron chi connectivity index (χ1n) is 5.89. The largest absolute Gasteiger partial charge is 0.495 e. The van der Waals surface area contributed by atoms with Gasteiger partial charge in [-0.05, 0) is 31.4 Å². The van der Waals surface area contributed by atoms with Crippen molar-refractivity contribution in [2.75, 3.05) is 0 Å². The van der Waals surface area contributed by atoms with E-state index in [2.05, 4.69) is 23.8 Å². The first kappa shape index (κ1) is 9.68. The van der Waals surface area contributed by atoms with Gasteiger partial charge >= 0.3 is 7.12 Å². The number of aromatic amines is 1. The molecule has 5 heteroatoms. The van der Waals surface area contributed by atoms with Crippen LogP contribution in [0.5, 0.6) is 0 Å². The van der Waals surface area contributed by atoms with Gasteiger partial charge in [0.1, 0.15) is 5.65 Å². The van der Waals surface area contributed by atoms with E-state index in [-0.39, 0.29) is 18.3 Å². The third kappa shape index (κ3) is 1.13. The SMILES string of the molecule is CC12CC1(C)OB(c1ccnc3[nH]ccc13)O2. The zero-order valence-electron chi connectivity index (χ0n) is 9.86. The molecule has 2 aromatic rings. The highest BCUT2D eigenvalue weighted by atomic mass is 16.7. The highest BCUT2D eigenvalue weighted by Crippen LogP contribution is 2.58. The lowest BCUT2D eigenvalue weighted by atomic mass is 9.77. The number of pyridine rings is 1. The Hall–Kier alpha value is -1.33. The van der Waals surface area contributed by atoms with E-state index in [1.165, 1.54) is 0 Å². The Labute approximate surface area is 99.5 Å². The molecule has 0 amide bonds. The molecule has 2 aromatic heterocycles. The molecule has 86 valence electrons. The summed E-state index contributed by atoms with van der Waals surface area (Å²) in [6, 6.07) is 3.98. The second kappa shape index (κ2) is 2.74. The molecule has 1 saturated heterocycles. The van der Waals surface area contributed by atoms with Crippen LogP contribution in [0.15, 0.2) is 24.5 Å². The van der Waals surface area contributed by atoms with Crippen LogP contribution in [0.3, 0.4) is 0 Å². The summed E-state index contributed by atoms with van der Waals surface area (Å²) in [5, 5.41) is 1.08. The summed E-state index contributed by atoms with van der Waals surface area (Å²) >= 11 is 0. The van der Waals surface area contributed by atoms with E-state index in [0.29, 0.717) is 0 Å². The third-order valence-electron chi connectivity index (χ3n) is 4.15. The minimum atomic E-state index is -0.264. The van der Waals surface area contributed by atoms with Crippen LogP contribution in [-0.2, 0) is 9.31 Å². The molecule has 3 heterocycles. The predicted octanol–water partition coefficient (Wildman–Crippen LogP) is 1.23. The summed E-state index contributed by atoms with van der Waals surface area (Å²) < 4.78 is 12.1. The Morgan fingerprint density at radius 3 is 2.82 bits per heavy atom. The molecule has 1 saturated carbocycles. The second-order valence-electron chi connectivity index (χ2n) is 5.35. The topological polar surface area (TPSA) is 47.1 Å². The molecule has 2 unspecified atom stereocenters. The third-order valence-corrected chi connectivity index (χ3v) is 4.15. The second-order valence-corrected chi connectivity index (χ2v) is 5.35. The predicted molar refractivity (Wildman–Crippen MR) is 65.1 cm³/mol. The summed E-state index contributed by atoms with van der Waals surface area (Å²) in [7, 11) is -0.264. The van der Waals surface area contributed by atoms with Crippen LogP contribution in [0.1, 0.15) is 20.3 Å². The van der Waals surface area contributed by atoms with Crippen molar-refractivity contribution in [2.45, 2.75) is 31.5 Å². The van der Waals surface area contributed by atoms with Gasteiger partial charge in [0, 0.05) is 24.2 Å². The van der Waals surface area contributed by atoms with Gasteiger partial charge in [-0.1, -0.05) is 0 Å². The van der Waals surface area contributed by atoms with Gasteiger partial charge in [0.25, 0.3) is 0 Å². The van der Waals surface area contributed by atoms with Crippen molar-refractivity contribution in [3.63, 3.8) is 0 Å². The highest BCUT2D eigenvalue weighted by molar-refractivity contribution is 6.65. The number of nitrogens with one attached hydrogen (secondary N) is 1. The zero-order chi connectivity index (χ0) is 11.7. The van der Waals surface area contributed by atoms with Crippen LogP contribution in [0.25, 0.3) is 11.0 Å². The Morgan fingerprint density at radius 2 is 2.06 bits per heavy atom. The Bertz CT molecular complexity index is 597. The number of rotatable bonds is 1. The first-order chi connectivity index (χ1) is 8.11. The molecule has 0 spiro atoms. The van der Waals surface area contributed by atoms with Crippen molar-refractivity contribution in [3.8, 4) is 0 Å². The average Bonchev–Trinajstić information content (AvgIpc) is 2.69. The summed E-state index contributed by atoms with van der Waals surface area (Å²) in [6.45, 7) is 4.23. The van der Waals surface area contributed by atoms with Crippen molar-refractivity contribution in [1.29, 1.82) is 0 Å². The molecule has 2 atom stereocenters. The van der Waals surface area contributed by atoms with Crippen molar-refractivity contribution in [3.05, 3.63) is 24.5 Å². The maximum atomic E-state index is 6.03. The number of hydrogen-bond donors (Lipinski definition) is 1. The van der Waals surface area contributed by atoms with Gasteiger partial charge in [-0.15, -0.1) is 0 Å². The summed E-state index contributed by atoms with van der Waals surface area (Å²) in [5.41, 5.74) is 1.73. The van der Waals surface area contributed by atoms with Crippen LogP contribution < -0.4 is 5.46 Å². The van der Waals surface area contributed by atoms with Gasteiger partial charge in [0.15, 0.2) is 0 Å². The van der Waals surface area contributed by atoms with E-state index in [0.717, 1.165) is 22.9 Å². The molecular formula is C12H13BN2O2. The highest BCUT2D eigenvalue weighted by Gasteiger charge is 2.71. The molecule has 0 radical (unpaired) electrons. The van der Waals surface area contributed by atoms with Gasteiger partial charge in [0.05, 0.1) is 11.2 Å². The Morgan fingerprint density at radius 1 is 1.29 bits per heavy atom. The normalized spacial score (nSPS) is 35.3. The quantitative estimate of drug-likeness (QED) is 0.746. The molecule has 2 aliphatic rings. The summed E-state index contributed by atoms with van der Waals surface area (Å²) in [5.74, 6) is 0. The van der Waals surface area contributed by atoms with E-state index in [4.69, 9.17) is 9.31 Å². The monoisotopic (exact) mass is 228 g/mol. The molecular weight excluding hydrogens is 215 g/mol. The number of hydrogen-bond acceptors (Lipinski definition) is 3. The molecule has 0 aromatic carbocycles.